The van der Waals surface area contributed by atoms with Crippen LogP contribution >= 0.6 is 0 Å². The van der Waals surface area contributed by atoms with Crippen LogP contribution in [0.15, 0.2) is 0 Å². The van der Waals surface area contributed by atoms with E-state index in [9.17, 15) is 4.79 Å². The van der Waals surface area contributed by atoms with Gasteiger partial charge in [0, 0.05) is 0 Å². The molecule has 2 nitrogen and oxygen atoms in total. The van der Waals surface area contributed by atoms with Gasteiger partial charge in [0.15, 0.2) is 0 Å². The van der Waals surface area contributed by atoms with Gasteiger partial charge in [0.05, 0.1) is 5.41 Å². The van der Waals surface area contributed by atoms with E-state index in [1.165, 1.54) is 0 Å². The molecule has 0 aromatic rings. The quantitative estimate of drug-likeness (QED) is 0.566. The van der Waals surface area contributed by atoms with E-state index in [0.717, 1.165) is 12.8 Å². The Morgan fingerprint density at radius 1 is 1.60 bits per heavy atom. The lowest BCUT2D eigenvalue weighted by Gasteiger charge is -2.19. The minimum atomic E-state index is -0.365. The zero-order chi connectivity index (χ0) is 8.20. The summed E-state index contributed by atoms with van der Waals surface area (Å²) in [6.45, 7) is 5.77. The molecule has 0 saturated heterocycles. The third-order valence-corrected chi connectivity index (χ3v) is 1.56. The van der Waals surface area contributed by atoms with Crippen LogP contribution in [-0.2, 0) is 9.53 Å². The van der Waals surface area contributed by atoms with Crippen LogP contribution in [-0.4, -0.2) is 5.97 Å². The van der Waals surface area contributed by atoms with Gasteiger partial charge in [-0.3, -0.25) is 4.79 Å². The molecule has 0 heterocycles. The highest BCUT2D eigenvalue weighted by atomic mass is 16.5. The number of carbonyl (C=O) groups excluding carboxylic acids is 1. The summed E-state index contributed by atoms with van der Waals surface area (Å²) in [5, 5.41) is 0. The molecule has 59 valence electrons. The Bertz CT molecular complexity index is 116. The predicted molar refractivity (Wildman–Crippen MR) is 40.1 cm³/mol. The summed E-state index contributed by atoms with van der Waals surface area (Å²) in [5.74, 6) is -0.227. The van der Waals surface area contributed by atoms with Gasteiger partial charge >= 0.3 is 5.97 Å². The van der Waals surface area contributed by atoms with E-state index in [2.05, 4.69) is 11.8 Å². The lowest BCUT2D eigenvalue weighted by molar-refractivity contribution is -0.148. The van der Waals surface area contributed by atoms with Crippen LogP contribution in [0.3, 0.4) is 0 Å². The molecular formula is C8H15O2. The van der Waals surface area contributed by atoms with Crippen LogP contribution in [0.4, 0.5) is 0 Å². The number of carbonyl (C=O) groups is 1. The maximum absolute atomic E-state index is 10.9. The maximum atomic E-state index is 10.9. The minimum Gasteiger partial charge on any atom is -0.462 e. The molecule has 0 aliphatic carbocycles. The van der Waals surface area contributed by atoms with E-state index in [1.54, 1.807) is 0 Å². The number of rotatable bonds is 3. The van der Waals surface area contributed by atoms with E-state index in [0.29, 0.717) is 0 Å². The van der Waals surface area contributed by atoms with Crippen molar-refractivity contribution in [2.24, 2.45) is 5.41 Å². The lowest BCUT2D eigenvalue weighted by atomic mass is 9.88. The van der Waals surface area contributed by atoms with Crippen LogP contribution in [0.1, 0.15) is 33.6 Å². The van der Waals surface area contributed by atoms with E-state index in [1.807, 2.05) is 20.8 Å². The van der Waals surface area contributed by atoms with Crippen LogP contribution < -0.4 is 0 Å². The Hall–Kier alpha value is -0.530. The molecule has 0 amide bonds. The molecule has 0 saturated carbocycles. The van der Waals surface area contributed by atoms with Gasteiger partial charge in [0.25, 0.3) is 0 Å². The Labute approximate surface area is 62.6 Å². The maximum Gasteiger partial charge on any atom is 0.311 e. The smallest absolute Gasteiger partial charge is 0.311 e. The second kappa shape index (κ2) is 3.59. The van der Waals surface area contributed by atoms with E-state index in [-0.39, 0.29) is 11.4 Å². The molecular weight excluding hydrogens is 128 g/mol. The van der Waals surface area contributed by atoms with Gasteiger partial charge in [-0.1, -0.05) is 13.3 Å². The number of ether oxygens (including phenoxy) is 1. The summed E-state index contributed by atoms with van der Waals surface area (Å²) in [6.07, 6.45) is 1.84. The summed E-state index contributed by atoms with van der Waals surface area (Å²) in [7, 11) is 3.08. The zero-order valence-corrected chi connectivity index (χ0v) is 6.94. The molecule has 0 bridgehead atoms. The van der Waals surface area contributed by atoms with E-state index < -0.39 is 0 Å². The third kappa shape index (κ3) is 2.38. The first-order valence-corrected chi connectivity index (χ1v) is 3.51. The second-order valence-corrected chi connectivity index (χ2v) is 3.07. The van der Waals surface area contributed by atoms with Crippen molar-refractivity contribution < 1.29 is 9.53 Å². The van der Waals surface area contributed by atoms with Crippen LogP contribution in [0.5, 0.6) is 0 Å². The fourth-order valence-electron chi connectivity index (χ4n) is 0.922. The largest absolute Gasteiger partial charge is 0.462 e. The normalized spacial score (nSPS) is 11.2. The first-order chi connectivity index (χ1) is 4.54. The third-order valence-electron chi connectivity index (χ3n) is 1.56. The molecule has 0 aromatic heterocycles. The molecule has 0 aliphatic rings. The van der Waals surface area contributed by atoms with Gasteiger partial charge in [-0.25, -0.2) is 0 Å². The summed E-state index contributed by atoms with van der Waals surface area (Å²) in [5.41, 5.74) is -0.365. The van der Waals surface area contributed by atoms with Gasteiger partial charge in [-0.2, -0.15) is 0 Å². The second-order valence-electron chi connectivity index (χ2n) is 3.07. The van der Waals surface area contributed by atoms with E-state index >= 15 is 0 Å². The molecule has 0 spiro atoms. The Morgan fingerprint density at radius 3 is 2.40 bits per heavy atom. The fraction of sp³-hybridized carbons (Fsp3) is 0.750. The van der Waals surface area contributed by atoms with Crippen LogP contribution in [0.2, 0.25) is 0 Å². The highest BCUT2D eigenvalue weighted by Gasteiger charge is 2.26. The summed E-state index contributed by atoms with van der Waals surface area (Å²) in [4.78, 5) is 10.9. The minimum absolute atomic E-state index is 0.227. The number of esters is 1. The first-order valence-electron chi connectivity index (χ1n) is 3.51. The summed E-state index contributed by atoms with van der Waals surface area (Å²) < 4.78 is 4.38. The van der Waals surface area contributed by atoms with Crippen molar-refractivity contribution in [1.82, 2.24) is 0 Å². The average Bonchev–Trinajstić information content (AvgIpc) is 1.86. The van der Waals surface area contributed by atoms with Gasteiger partial charge in [0.2, 0.25) is 0 Å². The molecule has 1 radical (unpaired) electrons. The van der Waals surface area contributed by atoms with Crippen molar-refractivity contribution in [1.29, 1.82) is 0 Å². The van der Waals surface area contributed by atoms with Crippen molar-refractivity contribution in [2.75, 3.05) is 0 Å². The lowest BCUT2D eigenvalue weighted by Crippen LogP contribution is -2.24. The number of hydrogen-bond donors (Lipinski definition) is 0. The SMILES string of the molecule is [CH2]OC(=O)C(C)(C)CCC. The highest BCUT2D eigenvalue weighted by Crippen LogP contribution is 2.23. The van der Waals surface area contributed by atoms with Crippen LogP contribution in [0, 0.1) is 12.5 Å². The predicted octanol–water partition coefficient (Wildman–Crippen LogP) is 2.15. The zero-order valence-electron chi connectivity index (χ0n) is 6.94. The standard InChI is InChI=1S/C8H15O2/c1-5-6-8(2,3)7(9)10-4/h4-6H2,1-3H3. The average molecular weight is 143 g/mol. The topological polar surface area (TPSA) is 26.3 Å². The summed E-state index contributed by atoms with van der Waals surface area (Å²) in [6, 6.07) is 0. The van der Waals surface area contributed by atoms with Crippen molar-refractivity contribution in [3.63, 3.8) is 0 Å². The summed E-state index contributed by atoms with van der Waals surface area (Å²) >= 11 is 0. The van der Waals surface area contributed by atoms with Crippen molar-refractivity contribution >= 4 is 5.97 Å². The van der Waals surface area contributed by atoms with Gasteiger partial charge in [-0.05, 0) is 20.3 Å². The van der Waals surface area contributed by atoms with E-state index in [4.69, 9.17) is 0 Å². The van der Waals surface area contributed by atoms with Crippen molar-refractivity contribution in [2.45, 2.75) is 33.6 Å². The Morgan fingerprint density at radius 2 is 2.10 bits per heavy atom. The van der Waals surface area contributed by atoms with Gasteiger partial charge in [-0.15, -0.1) is 0 Å². The molecule has 2 heteroatoms. The molecule has 10 heavy (non-hydrogen) atoms. The Balaban J connectivity index is 3.96. The Kier molecular flexibility index (Phi) is 3.40. The number of hydrogen-bond acceptors (Lipinski definition) is 2. The van der Waals surface area contributed by atoms with Crippen molar-refractivity contribution in [3.05, 3.63) is 7.11 Å². The molecule has 0 aliphatic heterocycles. The molecule has 0 N–H and O–H groups in total. The molecule has 0 unspecified atom stereocenters. The highest BCUT2D eigenvalue weighted by molar-refractivity contribution is 5.75. The molecule has 0 rings (SSSR count). The van der Waals surface area contributed by atoms with Gasteiger partial charge in [0.1, 0.15) is 7.11 Å². The first kappa shape index (κ1) is 9.47. The molecule has 0 atom stereocenters. The van der Waals surface area contributed by atoms with Gasteiger partial charge < -0.3 is 4.74 Å². The van der Waals surface area contributed by atoms with Crippen molar-refractivity contribution in [3.8, 4) is 0 Å². The molecule has 0 fully saturated rings. The van der Waals surface area contributed by atoms with Crippen LogP contribution in [0.25, 0.3) is 0 Å². The fourth-order valence-corrected chi connectivity index (χ4v) is 0.922. The molecule has 0 aromatic carbocycles. The monoisotopic (exact) mass is 143 g/mol.